The first-order chi connectivity index (χ1) is 6.36. The molecule has 0 saturated heterocycles. The zero-order valence-corrected chi connectivity index (χ0v) is 10.4. The lowest BCUT2D eigenvalue weighted by Gasteiger charge is -2.22. The Kier molecular flexibility index (Phi) is 3.26. The minimum Gasteiger partial charge on any atom is -0.0840 e. The molecule has 0 bridgehead atoms. The van der Waals surface area contributed by atoms with Crippen LogP contribution in [0, 0.1) is 13.3 Å². The number of aryl methyl sites for hydroxylation is 1. The standard InChI is InChI=1S/C13H18Cl/c1-6-10-8-11(13(3,4)5)12(14)7-9(10)2/h6-8H,1-5H3. The molecule has 0 amide bonds. The van der Waals surface area contributed by atoms with E-state index in [1.165, 1.54) is 16.7 Å². The molecule has 0 aliphatic heterocycles. The van der Waals surface area contributed by atoms with Crippen molar-refractivity contribution in [1.82, 2.24) is 0 Å². The number of benzene rings is 1. The summed E-state index contributed by atoms with van der Waals surface area (Å²) < 4.78 is 0. The summed E-state index contributed by atoms with van der Waals surface area (Å²) in [6.45, 7) is 10.7. The number of rotatable bonds is 1. The molecule has 14 heavy (non-hydrogen) atoms. The largest absolute Gasteiger partial charge is 0.0840 e. The summed E-state index contributed by atoms with van der Waals surface area (Å²) in [5, 5.41) is 0.876. The summed E-state index contributed by atoms with van der Waals surface area (Å²) >= 11 is 6.23. The average Bonchev–Trinajstić information content (AvgIpc) is 2.02. The Morgan fingerprint density at radius 2 is 1.79 bits per heavy atom. The van der Waals surface area contributed by atoms with Crippen LogP contribution in [0.3, 0.4) is 0 Å². The van der Waals surface area contributed by atoms with Crippen LogP contribution in [-0.2, 0) is 5.41 Å². The molecule has 0 heterocycles. The van der Waals surface area contributed by atoms with Crippen molar-refractivity contribution in [3.05, 3.63) is 40.3 Å². The van der Waals surface area contributed by atoms with Crippen molar-refractivity contribution >= 4 is 11.6 Å². The smallest absolute Gasteiger partial charge is 0.0446 e. The second-order valence-corrected chi connectivity index (χ2v) is 5.13. The van der Waals surface area contributed by atoms with Gasteiger partial charge in [-0.05, 0) is 41.5 Å². The van der Waals surface area contributed by atoms with Gasteiger partial charge in [-0.15, -0.1) is 0 Å². The molecule has 0 nitrogen and oxygen atoms in total. The molecule has 0 fully saturated rings. The van der Waals surface area contributed by atoms with E-state index in [1.54, 1.807) is 0 Å². The normalized spacial score (nSPS) is 11.9. The van der Waals surface area contributed by atoms with Crippen LogP contribution in [0.5, 0.6) is 0 Å². The van der Waals surface area contributed by atoms with E-state index < -0.39 is 0 Å². The molecule has 0 aromatic heterocycles. The lowest BCUT2D eigenvalue weighted by Crippen LogP contribution is -2.12. The minimum absolute atomic E-state index is 0.114. The predicted octanol–water partition coefficient (Wildman–Crippen LogP) is 4.52. The van der Waals surface area contributed by atoms with Crippen molar-refractivity contribution in [3.63, 3.8) is 0 Å². The zero-order chi connectivity index (χ0) is 10.9. The molecule has 0 N–H and O–H groups in total. The van der Waals surface area contributed by atoms with Gasteiger partial charge < -0.3 is 0 Å². The van der Waals surface area contributed by atoms with Crippen LogP contribution in [0.1, 0.15) is 44.4 Å². The molecule has 1 aromatic rings. The summed E-state index contributed by atoms with van der Waals surface area (Å²) in [5.41, 5.74) is 3.85. The zero-order valence-electron chi connectivity index (χ0n) is 9.61. The van der Waals surface area contributed by atoms with Gasteiger partial charge in [0.1, 0.15) is 0 Å². The van der Waals surface area contributed by atoms with Gasteiger partial charge in [0, 0.05) is 5.02 Å². The summed E-state index contributed by atoms with van der Waals surface area (Å²) in [4.78, 5) is 0. The molecule has 0 atom stereocenters. The van der Waals surface area contributed by atoms with Gasteiger partial charge in [0.25, 0.3) is 0 Å². The minimum atomic E-state index is 0.114. The summed E-state index contributed by atoms with van der Waals surface area (Å²) in [7, 11) is 0. The van der Waals surface area contributed by atoms with Crippen LogP contribution >= 0.6 is 11.6 Å². The maximum Gasteiger partial charge on any atom is 0.0446 e. The molecular weight excluding hydrogens is 192 g/mol. The van der Waals surface area contributed by atoms with Crippen LogP contribution in [0.25, 0.3) is 0 Å². The Bertz CT molecular complexity index is 332. The van der Waals surface area contributed by atoms with Crippen LogP contribution in [0.2, 0.25) is 5.02 Å². The monoisotopic (exact) mass is 209 g/mol. The molecule has 0 spiro atoms. The third-order valence-corrected chi connectivity index (χ3v) is 2.79. The second kappa shape index (κ2) is 3.94. The Labute approximate surface area is 92.3 Å². The molecule has 0 saturated carbocycles. The van der Waals surface area contributed by atoms with E-state index in [0.29, 0.717) is 0 Å². The van der Waals surface area contributed by atoms with Gasteiger partial charge in [0.15, 0.2) is 0 Å². The highest BCUT2D eigenvalue weighted by Crippen LogP contribution is 2.32. The molecule has 1 radical (unpaired) electrons. The van der Waals surface area contributed by atoms with Gasteiger partial charge >= 0.3 is 0 Å². The molecule has 1 rings (SSSR count). The fourth-order valence-corrected chi connectivity index (χ4v) is 2.08. The number of hydrogen-bond acceptors (Lipinski definition) is 0. The lowest BCUT2D eigenvalue weighted by atomic mass is 9.85. The highest BCUT2D eigenvalue weighted by Gasteiger charge is 2.18. The highest BCUT2D eigenvalue weighted by atomic mass is 35.5. The summed E-state index contributed by atoms with van der Waals surface area (Å²) in [6, 6.07) is 4.25. The SMILES string of the molecule is C[CH]c1cc(C(C)(C)C)c(Cl)cc1C. The van der Waals surface area contributed by atoms with E-state index >= 15 is 0 Å². The molecule has 0 aliphatic rings. The maximum atomic E-state index is 6.23. The third kappa shape index (κ3) is 2.30. The molecule has 1 aromatic carbocycles. The van der Waals surface area contributed by atoms with Crippen LogP contribution in [0.15, 0.2) is 12.1 Å². The summed E-state index contributed by atoms with van der Waals surface area (Å²) in [6.07, 6.45) is 2.13. The van der Waals surface area contributed by atoms with Gasteiger partial charge in [0.05, 0.1) is 0 Å². The molecule has 0 aliphatic carbocycles. The van der Waals surface area contributed by atoms with E-state index in [2.05, 4.69) is 53.2 Å². The topological polar surface area (TPSA) is 0 Å². The van der Waals surface area contributed by atoms with E-state index in [9.17, 15) is 0 Å². The van der Waals surface area contributed by atoms with Crippen molar-refractivity contribution in [3.8, 4) is 0 Å². The molecule has 1 heteroatoms. The van der Waals surface area contributed by atoms with E-state index in [-0.39, 0.29) is 5.41 Å². The van der Waals surface area contributed by atoms with Crippen molar-refractivity contribution in [2.24, 2.45) is 0 Å². The quantitative estimate of drug-likeness (QED) is 0.638. The molecule has 0 unspecified atom stereocenters. The third-order valence-electron chi connectivity index (χ3n) is 2.47. The van der Waals surface area contributed by atoms with E-state index in [1.807, 2.05) is 0 Å². The average molecular weight is 210 g/mol. The lowest BCUT2D eigenvalue weighted by molar-refractivity contribution is 0.590. The number of halogens is 1. The van der Waals surface area contributed by atoms with Crippen molar-refractivity contribution < 1.29 is 0 Å². The van der Waals surface area contributed by atoms with Crippen LogP contribution in [0.4, 0.5) is 0 Å². The van der Waals surface area contributed by atoms with Gasteiger partial charge in [-0.1, -0.05) is 45.4 Å². The second-order valence-electron chi connectivity index (χ2n) is 4.73. The van der Waals surface area contributed by atoms with Crippen LogP contribution < -0.4 is 0 Å². The molecular formula is C13H18Cl. The number of hydrogen-bond donors (Lipinski definition) is 0. The Balaban J connectivity index is 3.32. The first kappa shape index (κ1) is 11.6. The van der Waals surface area contributed by atoms with Crippen molar-refractivity contribution in [2.75, 3.05) is 0 Å². The Hall–Kier alpha value is -0.490. The Morgan fingerprint density at radius 1 is 1.21 bits per heavy atom. The predicted molar refractivity (Wildman–Crippen MR) is 64.0 cm³/mol. The van der Waals surface area contributed by atoms with E-state index in [4.69, 9.17) is 11.6 Å². The van der Waals surface area contributed by atoms with Gasteiger partial charge in [-0.25, -0.2) is 0 Å². The molecule has 77 valence electrons. The Morgan fingerprint density at radius 3 is 2.21 bits per heavy atom. The summed E-state index contributed by atoms with van der Waals surface area (Å²) in [5.74, 6) is 0. The van der Waals surface area contributed by atoms with Crippen LogP contribution in [-0.4, -0.2) is 0 Å². The van der Waals surface area contributed by atoms with Crippen molar-refractivity contribution in [2.45, 2.75) is 40.0 Å². The maximum absolute atomic E-state index is 6.23. The van der Waals surface area contributed by atoms with Gasteiger partial charge in [-0.2, -0.15) is 0 Å². The van der Waals surface area contributed by atoms with Gasteiger partial charge in [-0.3, -0.25) is 0 Å². The van der Waals surface area contributed by atoms with Gasteiger partial charge in [0.2, 0.25) is 0 Å². The first-order valence-electron chi connectivity index (χ1n) is 4.96. The fraction of sp³-hybridized carbons (Fsp3) is 0.462. The fourth-order valence-electron chi connectivity index (χ4n) is 1.58. The first-order valence-corrected chi connectivity index (χ1v) is 5.34. The van der Waals surface area contributed by atoms with Crippen molar-refractivity contribution in [1.29, 1.82) is 0 Å². The highest BCUT2D eigenvalue weighted by molar-refractivity contribution is 6.31. The van der Waals surface area contributed by atoms with E-state index in [0.717, 1.165) is 5.02 Å².